The van der Waals surface area contributed by atoms with Crippen molar-refractivity contribution in [3.8, 4) is 5.19 Å². The molecular weight excluding hydrogens is 274 g/mol. The van der Waals surface area contributed by atoms with Crippen LogP contribution in [0.3, 0.4) is 0 Å². The number of methoxy groups -OCH3 is 1. The lowest BCUT2D eigenvalue weighted by molar-refractivity contribution is 0.133. The van der Waals surface area contributed by atoms with Crippen LogP contribution in [0.15, 0.2) is 12.3 Å². The number of aryl methyl sites for hydroxylation is 1. The highest BCUT2D eigenvalue weighted by Crippen LogP contribution is 2.32. The molecule has 3 heterocycles. The minimum Gasteiger partial charge on any atom is -0.472 e. The van der Waals surface area contributed by atoms with E-state index in [0.717, 1.165) is 18.1 Å². The van der Waals surface area contributed by atoms with Gasteiger partial charge >= 0.3 is 0 Å². The Balaban J connectivity index is 1.77. The van der Waals surface area contributed by atoms with E-state index < -0.39 is 0 Å². The molecule has 1 unspecified atom stereocenters. The lowest BCUT2D eigenvalue weighted by Gasteiger charge is -2.34. The Morgan fingerprint density at radius 3 is 3.00 bits per heavy atom. The van der Waals surface area contributed by atoms with Crippen LogP contribution in [0, 0.1) is 0 Å². The fourth-order valence-corrected chi connectivity index (χ4v) is 3.46. The summed E-state index contributed by atoms with van der Waals surface area (Å²) in [6.45, 7) is 1.93. The molecule has 2 aromatic heterocycles. The molecule has 0 N–H and O–H groups in total. The highest BCUT2D eigenvalue weighted by Gasteiger charge is 2.27. The first kappa shape index (κ1) is 13.5. The normalized spacial score (nSPS) is 20.2. The Morgan fingerprint density at radius 1 is 1.40 bits per heavy atom. The van der Waals surface area contributed by atoms with Crippen LogP contribution < -0.4 is 4.74 Å². The molecule has 3 rings (SSSR count). The molecule has 0 aromatic carbocycles. The van der Waals surface area contributed by atoms with E-state index in [0.29, 0.717) is 11.2 Å². The summed E-state index contributed by atoms with van der Waals surface area (Å²) in [5.41, 5.74) is 1.28. The number of piperidine rings is 1. The van der Waals surface area contributed by atoms with E-state index in [4.69, 9.17) is 4.74 Å². The summed E-state index contributed by atoms with van der Waals surface area (Å²) in [7, 11) is 3.64. The van der Waals surface area contributed by atoms with Crippen molar-refractivity contribution in [2.45, 2.75) is 31.8 Å². The number of ether oxygens (including phenoxy) is 1. The highest BCUT2D eigenvalue weighted by atomic mass is 32.1. The fourth-order valence-electron chi connectivity index (χ4n) is 2.78. The summed E-state index contributed by atoms with van der Waals surface area (Å²) < 4.78 is 7.09. The third-order valence-electron chi connectivity index (χ3n) is 3.78. The minimum absolute atomic E-state index is 0.422. The molecule has 1 atom stereocenters. The highest BCUT2D eigenvalue weighted by molar-refractivity contribution is 7.13. The van der Waals surface area contributed by atoms with Crippen LogP contribution in [0.5, 0.6) is 5.19 Å². The number of likely N-dealkylation sites (tertiary alicyclic amines) is 1. The molecular formula is C13H19N5OS. The first-order valence-corrected chi connectivity index (χ1v) is 7.68. The standard InChI is InChI=1S/C13H19N5OS/c1-17-10(6-7-14-17)11-5-3-4-8-18(11)9-12-15-16-13(19-2)20-12/h6-7,11H,3-5,8-9H2,1-2H3. The van der Waals surface area contributed by atoms with Gasteiger partial charge in [-0.1, -0.05) is 17.8 Å². The van der Waals surface area contributed by atoms with Crippen LogP contribution in [0.4, 0.5) is 0 Å². The molecule has 108 valence electrons. The van der Waals surface area contributed by atoms with Crippen molar-refractivity contribution < 1.29 is 4.74 Å². The molecule has 0 saturated carbocycles. The molecule has 6 nitrogen and oxygen atoms in total. The van der Waals surface area contributed by atoms with Crippen LogP contribution >= 0.6 is 11.3 Å². The summed E-state index contributed by atoms with van der Waals surface area (Å²) in [5, 5.41) is 14.1. The number of hydrogen-bond acceptors (Lipinski definition) is 6. The minimum atomic E-state index is 0.422. The van der Waals surface area contributed by atoms with Crippen LogP contribution in [-0.4, -0.2) is 38.5 Å². The average molecular weight is 293 g/mol. The van der Waals surface area contributed by atoms with Gasteiger partial charge in [-0.05, 0) is 25.5 Å². The van der Waals surface area contributed by atoms with E-state index in [2.05, 4.69) is 26.3 Å². The van der Waals surface area contributed by atoms with Crippen molar-refractivity contribution in [3.63, 3.8) is 0 Å². The Kier molecular flexibility index (Phi) is 3.98. The zero-order chi connectivity index (χ0) is 13.9. The summed E-state index contributed by atoms with van der Waals surface area (Å²) >= 11 is 1.52. The molecule has 1 aliphatic rings. The van der Waals surface area contributed by atoms with Crippen molar-refractivity contribution >= 4 is 11.3 Å². The maximum atomic E-state index is 5.11. The fraction of sp³-hybridized carbons (Fsp3) is 0.615. The third-order valence-corrected chi connectivity index (χ3v) is 4.64. The monoisotopic (exact) mass is 293 g/mol. The maximum absolute atomic E-state index is 5.11. The Labute approximate surface area is 122 Å². The second kappa shape index (κ2) is 5.88. The summed E-state index contributed by atoms with van der Waals surface area (Å²) in [4.78, 5) is 2.47. The molecule has 2 aromatic rings. The van der Waals surface area contributed by atoms with Crippen molar-refractivity contribution in [2.75, 3.05) is 13.7 Å². The lowest BCUT2D eigenvalue weighted by Crippen LogP contribution is -2.34. The summed E-state index contributed by atoms with van der Waals surface area (Å²) in [6.07, 6.45) is 5.56. The van der Waals surface area contributed by atoms with Gasteiger partial charge in [0.15, 0.2) is 0 Å². The second-order valence-corrected chi connectivity index (χ2v) is 6.05. The van der Waals surface area contributed by atoms with Gasteiger partial charge in [0.05, 0.1) is 25.4 Å². The molecule has 7 heteroatoms. The van der Waals surface area contributed by atoms with Crippen LogP contribution in [-0.2, 0) is 13.6 Å². The van der Waals surface area contributed by atoms with E-state index >= 15 is 0 Å². The van der Waals surface area contributed by atoms with Crippen LogP contribution in [0.25, 0.3) is 0 Å². The molecule has 0 bridgehead atoms. The Bertz CT molecular complexity index is 567. The molecule has 0 aliphatic carbocycles. The summed E-state index contributed by atoms with van der Waals surface area (Å²) in [5.74, 6) is 0. The summed E-state index contributed by atoms with van der Waals surface area (Å²) in [6, 6.07) is 2.54. The lowest BCUT2D eigenvalue weighted by atomic mass is 9.99. The topological polar surface area (TPSA) is 56.1 Å². The molecule has 0 amide bonds. The van der Waals surface area contributed by atoms with E-state index in [-0.39, 0.29) is 0 Å². The predicted molar refractivity (Wildman–Crippen MR) is 76.7 cm³/mol. The third kappa shape index (κ3) is 2.69. The van der Waals surface area contributed by atoms with Gasteiger partial charge in [0.25, 0.3) is 5.19 Å². The SMILES string of the molecule is COc1nnc(CN2CCCCC2c2ccnn2C)s1. The number of aromatic nitrogens is 4. The van der Waals surface area contributed by atoms with Gasteiger partial charge in [0, 0.05) is 13.2 Å². The van der Waals surface area contributed by atoms with Gasteiger partial charge in [0.1, 0.15) is 5.01 Å². The quantitative estimate of drug-likeness (QED) is 0.863. The predicted octanol–water partition coefficient (Wildman–Crippen LogP) is 2.01. The van der Waals surface area contributed by atoms with Crippen molar-refractivity contribution in [1.82, 2.24) is 24.9 Å². The molecule has 20 heavy (non-hydrogen) atoms. The number of rotatable bonds is 4. The van der Waals surface area contributed by atoms with Crippen molar-refractivity contribution in [3.05, 3.63) is 23.0 Å². The maximum Gasteiger partial charge on any atom is 0.293 e. The van der Waals surface area contributed by atoms with Crippen molar-refractivity contribution in [1.29, 1.82) is 0 Å². The first-order valence-electron chi connectivity index (χ1n) is 6.86. The van der Waals surface area contributed by atoms with E-state index in [1.165, 1.54) is 36.3 Å². The van der Waals surface area contributed by atoms with Crippen LogP contribution in [0.1, 0.15) is 36.0 Å². The van der Waals surface area contributed by atoms with Gasteiger partial charge in [-0.3, -0.25) is 9.58 Å². The first-order chi connectivity index (χ1) is 9.78. The molecule has 0 spiro atoms. The van der Waals surface area contributed by atoms with Gasteiger partial charge in [-0.15, -0.1) is 10.2 Å². The average Bonchev–Trinajstić information content (AvgIpc) is 3.08. The second-order valence-electron chi connectivity index (χ2n) is 5.03. The molecule has 1 saturated heterocycles. The number of hydrogen-bond donors (Lipinski definition) is 0. The van der Waals surface area contributed by atoms with Gasteiger partial charge in [-0.2, -0.15) is 5.10 Å². The van der Waals surface area contributed by atoms with Crippen molar-refractivity contribution in [2.24, 2.45) is 7.05 Å². The molecule has 0 radical (unpaired) electrons. The smallest absolute Gasteiger partial charge is 0.293 e. The van der Waals surface area contributed by atoms with E-state index in [1.807, 2.05) is 17.9 Å². The van der Waals surface area contributed by atoms with E-state index in [1.54, 1.807) is 7.11 Å². The Morgan fingerprint density at radius 2 is 2.30 bits per heavy atom. The largest absolute Gasteiger partial charge is 0.472 e. The van der Waals surface area contributed by atoms with Gasteiger partial charge < -0.3 is 4.74 Å². The van der Waals surface area contributed by atoms with E-state index in [9.17, 15) is 0 Å². The number of nitrogens with zero attached hydrogens (tertiary/aromatic N) is 5. The Hall–Kier alpha value is -1.47. The van der Waals surface area contributed by atoms with Gasteiger partial charge in [0.2, 0.25) is 0 Å². The molecule has 1 aliphatic heterocycles. The molecule has 1 fully saturated rings. The van der Waals surface area contributed by atoms with Crippen LogP contribution in [0.2, 0.25) is 0 Å². The zero-order valence-corrected chi connectivity index (χ0v) is 12.6. The van der Waals surface area contributed by atoms with Gasteiger partial charge in [-0.25, -0.2) is 0 Å². The zero-order valence-electron chi connectivity index (χ0n) is 11.8.